The molecule has 22 heavy (non-hydrogen) atoms. The molecule has 0 bridgehead atoms. The van der Waals surface area contributed by atoms with Crippen LogP contribution in [0.1, 0.15) is 54.0 Å². The molecule has 0 N–H and O–H groups in total. The van der Waals surface area contributed by atoms with E-state index in [1.165, 1.54) is 16.0 Å². The average Bonchev–Trinajstić information content (AvgIpc) is 2.59. The Labute approximate surface area is 144 Å². The van der Waals surface area contributed by atoms with E-state index in [0.29, 0.717) is 0 Å². The van der Waals surface area contributed by atoms with Gasteiger partial charge < -0.3 is 0 Å². The third kappa shape index (κ3) is 18.8. The van der Waals surface area contributed by atoms with Crippen molar-refractivity contribution in [2.45, 2.75) is 60.3 Å². The molecule has 0 spiro atoms. The van der Waals surface area contributed by atoms with Crippen LogP contribution in [0, 0.1) is 6.92 Å². The molecule has 0 radical (unpaired) electrons. The SMILES string of the molecule is C=C/C(C)=C\C=C/C.CC.CC.CCSc1ccc(C)cc1. The van der Waals surface area contributed by atoms with Gasteiger partial charge in [0.1, 0.15) is 0 Å². The van der Waals surface area contributed by atoms with Crippen molar-refractivity contribution in [3.63, 3.8) is 0 Å². The average molecular weight is 321 g/mol. The fourth-order valence-corrected chi connectivity index (χ4v) is 1.78. The standard InChI is InChI=1S/C9H12S.C8H12.2C2H6/c1-3-10-9-6-4-8(2)5-7-9;1-4-6-7-8(3)5-2;2*1-2/h4-7H,3H2,1-2H3;4-7H,2H2,1,3H3;2*1-2H3/b;6-4-,8-7-;;. The normalized spacial score (nSPS) is 9.55. The van der Waals surface area contributed by atoms with Crippen molar-refractivity contribution in [2.24, 2.45) is 0 Å². The Balaban J connectivity index is -0.000000272. The summed E-state index contributed by atoms with van der Waals surface area (Å²) < 4.78 is 0. The molecule has 0 aliphatic heterocycles. The first-order chi connectivity index (χ1) is 10.6. The minimum atomic E-state index is 1.16. The van der Waals surface area contributed by atoms with Crippen LogP contribution >= 0.6 is 11.8 Å². The lowest BCUT2D eigenvalue weighted by Crippen LogP contribution is -1.73. The Morgan fingerprint density at radius 3 is 1.95 bits per heavy atom. The van der Waals surface area contributed by atoms with Gasteiger partial charge in [-0.1, -0.05) is 88.8 Å². The van der Waals surface area contributed by atoms with Gasteiger partial charge in [-0.05, 0) is 38.7 Å². The van der Waals surface area contributed by atoms with Gasteiger partial charge in [-0.2, -0.15) is 0 Å². The zero-order valence-corrected chi connectivity index (χ0v) is 16.8. The number of rotatable bonds is 4. The summed E-state index contributed by atoms with van der Waals surface area (Å²) in [6.45, 7) is 19.9. The molecule has 1 aromatic rings. The van der Waals surface area contributed by atoms with Crippen molar-refractivity contribution in [3.05, 3.63) is 66.3 Å². The molecule has 0 saturated carbocycles. The second kappa shape index (κ2) is 22.1. The van der Waals surface area contributed by atoms with Crippen LogP contribution in [-0.4, -0.2) is 5.75 Å². The summed E-state index contributed by atoms with van der Waals surface area (Å²) in [6.07, 6.45) is 7.84. The Hall–Kier alpha value is -1.21. The molecule has 1 rings (SSSR count). The van der Waals surface area contributed by atoms with Gasteiger partial charge in [-0.25, -0.2) is 0 Å². The molecule has 1 aromatic carbocycles. The number of allylic oxidation sites excluding steroid dienone is 5. The van der Waals surface area contributed by atoms with Crippen molar-refractivity contribution in [1.29, 1.82) is 0 Å². The maximum Gasteiger partial charge on any atom is 0.00720 e. The van der Waals surface area contributed by atoms with Gasteiger partial charge in [0.15, 0.2) is 0 Å². The predicted molar refractivity (Wildman–Crippen MR) is 109 cm³/mol. The van der Waals surface area contributed by atoms with E-state index in [9.17, 15) is 0 Å². The third-order valence-corrected chi connectivity index (χ3v) is 3.10. The summed E-state index contributed by atoms with van der Waals surface area (Å²) in [4.78, 5) is 1.37. The van der Waals surface area contributed by atoms with Gasteiger partial charge in [0, 0.05) is 4.90 Å². The van der Waals surface area contributed by atoms with Crippen molar-refractivity contribution in [3.8, 4) is 0 Å². The van der Waals surface area contributed by atoms with Gasteiger partial charge in [-0.3, -0.25) is 0 Å². The van der Waals surface area contributed by atoms with Gasteiger partial charge in [0.2, 0.25) is 0 Å². The minimum absolute atomic E-state index is 1.16. The Kier molecular flexibility index (Phi) is 25.8. The van der Waals surface area contributed by atoms with Gasteiger partial charge in [0.25, 0.3) is 0 Å². The predicted octanol–water partition coefficient (Wildman–Crippen LogP) is 7.85. The molecule has 0 aliphatic carbocycles. The molecule has 0 saturated heterocycles. The summed E-state index contributed by atoms with van der Waals surface area (Å²) in [5, 5.41) is 0. The van der Waals surface area contributed by atoms with Gasteiger partial charge in [0.05, 0.1) is 0 Å². The number of hydrogen-bond donors (Lipinski definition) is 0. The molecule has 0 heterocycles. The van der Waals surface area contributed by atoms with Crippen molar-refractivity contribution in [1.82, 2.24) is 0 Å². The second-order valence-electron chi connectivity index (χ2n) is 3.89. The molecular formula is C21H36S. The van der Waals surface area contributed by atoms with Crippen LogP contribution in [0.25, 0.3) is 0 Å². The van der Waals surface area contributed by atoms with Crippen LogP contribution in [0.5, 0.6) is 0 Å². The lowest BCUT2D eigenvalue weighted by molar-refractivity contribution is 1.37. The fraction of sp³-hybridized carbons (Fsp3) is 0.429. The van der Waals surface area contributed by atoms with Crippen molar-refractivity contribution < 1.29 is 0 Å². The van der Waals surface area contributed by atoms with Crippen LogP contribution in [0.4, 0.5) is 0 Å². The first-order valence-corrected chi connectivity index (χ1v) is 9.24. The minimum Gasteiger partial charge on any atom is -0.126 e. The maximum atomic E-state index is 3.61. The Bertz CT molecular complexity index is 383. The van der Waals surface area contributed by atoms with Crippen LogP contribution in [0.15, 0.2) is 65.6 Å². The maximum absolute atomic E-state index is 3.61. The number of aryl methyl sites for hydroxylation is 1. The number of thioether (sulfide) groups is 1. The topological polar surface area (TPSA) is 0 Å². The largest absolute Gasteiger partial charge is 0.126 e. The van der Waals surface area contributed by atoms with E-state index in [1.807, 2.05) is 77.6 Å². The lowest BCUT2D eigenvalue weighted by Gasteiger charge is -1.96. The van der Waals surface area contributed by atoms with Gasteiger partial charge >= 0.3 is 0 Å². The third-order valence-electron chi connectivity index (χ3n) is 2.21. The Morgan fingerprint density at radius 2 is 1.59 bits per heavy atom. The molecule has 0 aromatic heterocycles. The highest BCUT2D eigenvalue weighted by atomic mass is 32.2. The molecule has 0 amide bonds. The lowest BCUT2D eigenvalue weighted by atomic mass is 10.2. The van der Waals surface area contributed by atoms with Crippen LogP contribution in [0.3, 0.4) is 0 Å². The van der Waals surface area contributed by atoms with Crippen LogP contribution < -0.4 is 0 Å². The van der Waals surface area contributed by atoms with E-state index >= 15 is 0 Å². The zero-order valence-electron chi connectivity index (χ0n) is 15.9. The highest BCUT2D eigenvalue weighted by Gasteiger charge is 1.88. The molecule has 0 fully saturated rings. The monoisotopic (exact) mass is 320 g/mol. The smallest absolute Gasteiger partial charge is 0.00720 e. The molecule has 0 unspecified atom stereocenters. The van der Waals surface area contributed by atoms with Crippen LogP contribution in [0.2, 0.25) is 0 Å². The first-order valence-electron chi connectivity index (χ1n) is 8.25. The van der Waals surface area contributed by atoms with E-state index in [-0.39, 0.29) is 0 Å². The van der Waals surface area contributed by atoms with Crippen molar-refractivity contribution in [2.75, 3.05) is 5.75 Å². The zero-order chi connectivity index (χ0) is 17.8. The van der Waals surface area contributed by atoms with E-state index < -0.39 is 0 Å². The molecule has 0 nitrogen and oxygen atoms in total. The van der Waals surface area contributed by atoms with E-state index in [2.05, 4.69) is 44.7 Å². The number of benzene rings is 1. The highest BCUT2D eigenvalue weighted by Crippen LogP contribution is 2.16. The summed E-state index contributed by atoms with van der Waals surface area (Å²) in [6, 6.07) is 8.64. The van der Waals surface area contributed by atoms with Crippen molar-refractivity contribution >= 4 is 11.8 Å². The molecule has 126 valence electrons. The molecule has 0 atom stereocenters. The van der Waals surface area contributed by atoms with E-state index in [4.69, 9.17) is 0 Å². The summed E-state index contributed by atoms with van der Waals surface area (Å²) in [7, 11) is 0. The second-order valence-corrected chi connectivity index (χ2v) is 5.22. The number of hydrogen-bond acceptors (Lipinski definition) is 1. The van der Waals surface area contributed by atoms with E-state index in [0.717, 1.165) is 5.75 Å². The van der Waals surface area contributed by atoms with Crippen LogP contribution in [-0.2, 0) is 0 Å². The quantitative estimate of drug-likeness (QED) is 0.402. The van der Waals surface area contributed by atoms with E-state index in [1.54, 1.807) is 0 Å². The summed E-state index contributed by atoms with van der Waals surface area (Å²) in [5.74, 6) is 1.16. The van der Waals surface area contributed by atoms with Gasteiger partial charge in [-0.15, -0.1) is 11.8 Å². The first kappa shape index (κ1) is 25.7. The molecule has 1 heteroatoms. The highest BCUT2D eigenvalue weighted by molar-refractivity contribution is 7.99. The Morgan fingerprint density at radius 1 is 1.09 bits per heavy atom. The fourth-order valence-electron chi connectivity index (χ4n) is 1.12. The molecular weight excluding hydrogens is 284 g/mol. The summed E-state index contributed by atoms with van der Waals surface area (Å²) in [5.41, 5.74) is 2.53. The summed E-state index contributed by atoms with van der Waals surface area (Å²) >= 11 is 1.88. The molecule has 0 aliphatic rings.